The van der Waals surface area contributed by atoms with Crippen LogP contribution in [-0.2, 0) is 0 Å². The van der Waals surface area contributed by atoms with Crippen LogP contribution in [0.5, 0.6) is 0 Å². The molecule has 2 heterocycles. The molecule has 4 heteroatoms. The van der Waals surface area contributed by atoms with Crippen LogP contribution in [0, 0.1) is 12.8 Å². The summed E-state index contributed by atoms with van der Waals surface area (Å²) in [6.45, 7) is 12.0. The van der Waals surface area contributed by atoms with Crippen molar-refractivity contribution in [3.63, 3.8) is 0 Å². The number of benzene rings is 1. The Balaban J connectivity index is 2.06. The first-order valence-electron chi connectivity index (χ1n) is 8.79. The van der Waals surface area contributed by atoms with E-state index in [1.54, 1.807) is 0 Å². The number of rotatable bonds is 4. The van der Waals surface area contributed by atoms with Crippen molar-refractivity contribution < 1.29 is 0 Å². The standard InChI is InChI=1S/C22H24N4/c1-6-19(15(2)3)25-22(23-5)18-10-11-26-20(14-24-21(26)13-18)17-9-7-8-16(4)12-17/h6-15H,5H2,1-4H3/b19-6-,25-22?. The zero-order valence-corrected chi connectivity index (χ0v) is 15.8. The third-order valence-electron chi connectivity index (χ3n) is 4.36. The van der Waals surface area contributed by atoms with Crippen molar-refractivity contribution in [2.75, 3.05) is 0 Å². The molecule has 0 saturated carbocycles. The van der Waals surface area contributed by atoms with Crippen molar-refractivity contribution in [3.05, 3.63) is 71.7 Å². The van der Waals surface area contributed by atoms with Crippen LogP contribution in [-0.4, -0.2) is 21.9 Å². The van der Waals surface area contributed by atoms with Crippen LogP contribution in [0.25, 0.3) is 16.9 Å². The normalized spacial score (nSPS) is 12.8. The van der Waals surface area contributed by atoms with E-state index in [1.807, 2.05) is 37.5 Å². The van der Waals surface area contributed by atoms with Crippen LogP contribution in [0.4, 0.5) is 0 Å². The molecule has 0 amide bonds. The highest BCUT2D eigenvalue weighted by molar-refractivity contribution is 6.02. The Bertz CT molecular complexity index is 1010. The van der Waals surface area contributed by atoms with E-state index in [2.05, 4.69) is 71.1 Å². The van der Waals surface area contributed by atoms with Crippen molar-refractivity contribution >= 4 is 18.2 Å². The summed E-state index contributed by atoms with van der Waals surface area (Å²) < 4.78 is 2.08. The largest absolute Gasteiger partial charge is 0.300 e. The molecule has 3 rings (SSSR count). The number of allylic oxidation sites excluding steroid dienone is 2. The first-order chi connectivity index (χ1) is 12.5. The van der Waals surface area contributed by atoms with Gasteiger partial charge in [0, 0.05) is 23.0 Å². The minimum Gasteiger partial charge on any atom is -0.300 e. The van der Waals surface area contributed by atoms with Crippen molar-refractivity contribution in [1.82, 2.24) is 9.38 Å². The zero-order chi connectivity index (χ0) is 18.7. The van der Waals surface area contributed by atoms with E-state index in [9.17, 15) is 0 Å². The molecule has 26 heavy (non-hydrogen) atoms. The van der Waals surface area contributed by atoms with Gasteiger partial charge in [0.25, 0.3) is 0 Å². The van der Waals surface area contributed by atoms with E-state index in [0.717, 1.165) is 28.2 Å². The second kappa shape index (κ2) is 7.48. The molecule has 132 valence electrons. The number of fused-ring (bicyclic) bond motifs is 1. The smallest absolute Gasteiger partial charge is 0.158 e. The summed E-state index contributed by atoms with van der Waals surface area (Å²) in [6.07, 6.45) is 5.93. The second-order valence-corrected chi connectivity index (χ2v) is 6.62. The SMILES string of the molecule is C=NC(=N/C(=C\C)C(C)C)c1ccn2c(-c3cccc(C)c3)cnc2c1. The van der Waals surface area contributed by atoms with Crippen LogP contribution >= 0.6 is 0 Å². The molecule has 0 atom stereocenters. The summed E-state index contributed by atoms with van der Waals surface area (Å²) in [6, 6.07) is 12.4. The molecule has 0 aliphatic heterocycles. The van der Waals surface area contributed by atoms with E-state index in [0.29, 0.717) is 11.8 Å². The molecule has 0 saturated heterocycles. The highest BCUT2D eigenvalue weighted by Crippen LogP contribution is 2.23. The molecule has 0 N–H and O–H groups in total. The van der Waals surface area contributed by atoms with Gasteiger partial charge in [0.2, 0.25) is 0 Å². The van der Waals surface area contributed by atoms with Crippen molar-refractivity contribution in [3.8, 4) is 11.3 Å². The van der Waals surface area contributed by atoms with Crippen molar-refractivity contribution in [2.24, 2.45) is 15.9 Å². The predicted molar refractivity (Wildman–Crippen MR) is 110 cm³/mol. The third-order valence-corrected chi connectivity index (χ3v) is 4.36. The predicted octanol–water partition coefficient (Wildman–Crippen LogP) is 5.32. The van der Waals surface area contributed by atoms with Crippen LogP contribution in [0.3, 0.4) is 0 Å². The Labute approximate surface area is 154 Å². The van der Waals surface area contributed by atoms with E-state index in [-0.39, 0.29) is 0 Å². The maximum Gasteiger partial charge on any atom is 0.158 e. The summed E-state index contributed by atoms with van der Waals surface area (Å²) in [5.41, 5.74) is 6.22. The monoisotopic (exact) mass is 344 g/mol. The Hall–Kier alpha value is -3.01. The fraction of sp³-hybridized carbons (Fsp3) is 0.227. The van der Waals surface area contributed by atoms with E-state index >= 15 is 0 Å². The molecule has 2 aromatic heterocycles. The van der Waals surface area contributed by atoms with Gasteiger partial charge in [-0.15, -0.1) is 0 Å². The molecule has 0 unspecified atom stereocenters. The molecule has 0 aliphatic rings. The molecule has 3 aromatic rings. The number of imidazole rings is 1. The lowest BCUT2D eigenvalue weighted by Crippen LogP contribution is -2.02. The fourth-order valence-corrected chi connectivity index (χ4v) is 2.98. The summed E-state index contributed by atoms with van der Waals surface area (Å²) in [5.74, 6) is 0.953. The van der Waals surface area contributed by atoms with Gasteiger partial charge in [-0.05, 0) is 44.7 Å². The Morgan fingerprint density at radius 3 is 2.69 bits per heavy atom. The quantitative estimate of drug-likeness (QED) is 0.467. The fourth-order valence-electron chi connectivity index (χ4n) is 2.98. The lowest BCUT2D eigenvalue weighted by atomic mass is 10.1. The van der Waals surface area contributed by atoms with Gasteiger partial charge in [-0.3, -0.25) is 4.40 Å². The molecule has 0 radical (unpaired) electrons. The topological polar surface area (TPSA) is 42.0 Å². The highest BCUT2D eigenvalue weighted by Gasteiger charge is 2.10. The molecule has 0 fully saturated rings. The van der Waals surface area contributed by atoms with Crippen molar-refractivity contribution in [2.45, 2.75) is 27.7 Å². The number of hydrogen-bond donors (Lipinski definition) is 0. The Morgan fingerprint density at radius 1 is 1.23 bits per heavy atom. The number of amidine groups is 1. The molecule has 0 aliphatic carbocycles. The lowest BCUT2D eigenvalue weighted by Gasteiger charge is -2.08. The second-order valence-electron chi connectivity index (χ2n) is 6.62. The minimum absolute atomic E-state index is 0.333. The van der Waals surface area contributed by atoms with Crippen LogP contribution in [0.1, 0.15) is 31.9 Å². The molecule has 1 aromatic carbocycles. The number of nitrogens with zero attached hydrogens (tertiary/aromatic N) is 4. The van der Waals surface area contributed by atoms with Crippen molar-refractivity contribution in [1.29, 1.82) is 0 Å². The highest BCUT2D eigenvalue weighted by atomic mass is 15.0. The molecule has 4 nitrogen and oxygen atoms in total. The van der Waals surface area contributed by atoms with Crippen LogP contribution in [0.2, 0.25) is 0 Å². The van der Waals surface area contributed by atoms with Crippen LogP contribution in [0.15, 0.2) is 70.5 Å². The first kappa shape index (κ1) is 17.8. The first-order valence-corrected chi connectivity index (χ1v) is 8.79. The van der Waals surface area contributed by atoms with Gasteiger partial charge in [0.05, 0.1) is 11.9 Å². The summed E-state index contributed by atoms with van der Waals surface area (Å²) >= 11 is 0. The molecular weight excluding hydrogens is 320 g/mol. The van der Waals surface area contributed by atoms with E-state index in [1.165, 1.54) is 5.56 Å². The number of hydrogen-bond acceptors (Lipinski definition) is 2. The maximum absolute atomic E-state index is 4.68. The Kier molecular flexibility index (Phi) is 5.12. The number of aromatic nitrogens is 2. The van der Waals surface area contributed by atoms with Gasteiger partial charge >= 0.3 is 0 Å². The van der Waals surface area contributed by atoms with Gasteiger partial charge in [0.15, 0.2) is 5.84 Å². The van der Waals surface area contributed by atoms with Gasteiger partial charge in [0.1, 0.15) is 5.65 Å². The summed E-state index contributed by atoms with van der Waals surface area (Å²) in [7, 11) is 0. The zero-order valence-electron chi connectivity index (χ0n) is 15.8. The maximum atomic E-state index is 4.68. The number of pyridine rings is 1. The van der Waals surface area contributed by atoms with Gasteiger partial charge in [-0.1, -0.05) is 43.7 Å². The van der Waals surface area contributed by atoms with Crippen LogP contribution < -0.4 is 0 Å². The number of aryl methyl sites for hydroxylation is 1. The number of aliphatic imine (C=N–C) groups is 2. The van der Waals surface area contributed by atoms with E-state index < -0.39 is 0 Å². The van der Waals surface area contributed by atoms with Gasteiger partial charge < -0.3 is 0 Å². The Morgan fingerprint density at radius 2 is 2.04 bits per heavy atom. The summed E-state index contributed by atoms with van der Waals surface area (Å²) in [5, 5.41) is 0. The third kappa shape index (κ3) is 3.49. The summed E-state index contributed by atoms with van der Waals surface area (Å²) in [4.78, 5) is 13.4. The van der Waals surface area contributed by atoms with Gasteiger partial charge in [-0.25, -0.2) is 15.0 Å². The molecule has 0 bridgehead atoms. The average Bonchev–Trinajstić information content (AvgIpc) is 3.05. The minimum atomic E-state index is 0.333. The molecular formula is C22H24N4. The molecule has 0 spiro atoms. The van der Waals surface area contributed by atoms with Gasteiger partial charge in [-0.2, -0.15) is 0 Å². The average molecular weight is 344 g/mol. The lowest BCUT2D eigenvalue weighted by molar-refractivity contribution is 0.755. The van der Waals surface area contributed by atoms with E-state index in [4.69, 9.17) is 0 Å².